The molecule has 0 heterocycles. The number of hydrogen-bond donors (Lipinski definition) is 0. The normalized spacial score (nSPS) is 12.9. The maximum Gasteiger partial charge on any atom is 0.306 e. The van der Waals surface area contributed by atoms with Gasteiger partial charge in [-0.05, 0) is 83.5 Å². The molecule has 0 spiro atoms. The van der Waals surface area contributed by atoms with Gasteiger partial charge in [0, 0.05) is 19.3 Å². The Kier molecular flexibility index (Phi) is 49.0. The Labute approximate surface area is 394 Å². The van der Waals surface area contributed by atoms with Crippen molar-refractivity contribution in [3.8, 4) is 0 Å². The topological polar surface area (TPSA) is 78.9 Å². The van der Waals surface area contributed by atoms with Crippen molar-refractivity contribution >= 4 is 17.9 Å². The number of ether oxygens (including phenoxy) is 3. The molecule has 0 aliphatic rings. The zero-order chi connectivity index (χ0) is 46.5. The summed E-state index contributed by atoms with van der Waals surface area (Å²) in [5.74, 6) is -1.04. The fraction of sp³-hybridized carbons (Fsp3) is 0.672. The third kappa shape index (κ3) is 49.3. The summed E-state index contributed by atoms with van der Waals surface area (Å²) in [6.45, 7) is 6.31. The molecule has 0 N–H and O–H groups in total. The lowest BCUT2D eigenvalue weighted by molar-refractivity contribution is -0.166. The van der Waals surface area contributed by atoms with E-state index in [-0.39, 0.29) is 44.0 Å². The average Bonchev–Trinajstić information content (AvgIpc) is 3.29. The summed E-state index contributed by atoms with van der Waals surface area (Å²) >= 11 is 0. The van der Waals surface area contributed by atoms with Crippen molar-refractivity contribution in [1.29, 1.82) is 0 Å². The Morgan fingerprint density at radius 3 is 1.05 bits per heavy atom. The first-order chi connectivity index (χ1) is 31.5. The maximum atomic E-state index is 12.8. The highest BCUT2D eigenvalue weighted by atomic mass is 16.6. The van der Waals surface area contributed by atoms with Crippen molar-refractivity contribution < 1.29 is 28.6 Å². The highest BCUT2D eigenvalue weighted by Crippen LogP contribution is 2.15. The number of carbonyl (C=O) groups excluding carboxylic acids is 3. The van der Waals surface area contributed by atoms with Crippen LogP contribution in [0.2, 0.25) is 0 Å². The molecular formula is C58H96O6. The molecule has 6 heteroatoms. The zero-order valence-corrected chi connectivity index (χ0v) is 41.5. The molecule has 0 aliphatic carbocycles. The summed E-state index contributed by atoms with van der Waals surface area (Å²) in [4.78, 5) is 37.9. The number of unbranched alkanes of at least 4 members (excludes halogenated alkanes) is 19. The molecule has 0 saturated heterocycles. The van der Waals surface area contributed by atoms with Crippen LogP contribution in [0.15, 0.2) is 97.2 Å². The molecule has 0 fully saturated rings. The fourth-order valence-electron chi connectivity index (χ4n) is 6.98. The molecule has 364 valence electrons. The van der Waals surface area contributed by atoms with Gasteiger partial charge in [-0.25, -0.2) is 0 Å². The van der Waals surface area contributed by atoms with Crippen LogP contribution in [-0.4, -0.2) is 37.2 Å². The molecule has 0 aliphatic heterocycles. The fourth-order valence-corrected chi connectivity index (χ4v) is 6.98. The largest absolute Gasteiger partial charge is 0.462 e. The van der Waals surface area contributed by atoms with Gasteiger partial charge in [-0.2, -0.15) is 0 Å². The standard InChI is InChI=1S/C58H96O6/c1-4-7-10-13-16-19-22-25-27-28-29-31-33-36-39-42-45-48-51-57(60)63-54-55(53-62-56(59)50-47-44-41-38-35-32-24-21-18-15-12-9-6-3)64-58(61)52-49-46-43-40-37-34-30-26-23-20-17-14-11-8-5-2/h8-9,11-12,17-18,20-21,26,30,32,35,37,40-41,44,55H,4-7,10,13-16,19,22-25,27-29,31,33-34,36,38-39,42-43,45-54H2,1-3H3/b11-8-,12-9-,20-17-,21-18-,30-26-,35-32-,40-37-,44-41-. The lowest BCUT2D eigenvalue weighted by Crippen LogP contribution is -2.30. The number of allylic oxidation sites excluding steroid dienone is 16. The first-order valence-corrected chi connectivity index (χ1v) is 26.2. The van der Waals surface area contributed by atoms with E-state index in [0.29, 0.717) is 19.3 Å². The van der Waals surface area contributed by atoms with Crippen molar-refractivity contribution in [2.75, 3.05) is 13.2 Å². The number of rotatable bonds is 46. The molecule has 0 saturated carbocycles. The van der Waals surface area contributed by atoms with Crippen LogP contribution in [0.1, 0.15) is 233 Å². The van der Waals surface area contributed by atoms with Gasteiger partial charge in [0.2, 0.25) is 0 Å². The quantitative estimate of drug-likeness (QED) is 0.0262. The SMILES string of the molecule is CC/C=C\C/C=C\C/C=C\C/C=C\CCCCC(=O)OC(COC(=O)CC/C=C\C/C=C\C/C=C\C/C=C\CC)COC(=O)CCCCCCCCCCCCCCCCCCCC. The van der Waals surface area contributed by atoms with Crippen LogP contribution in [0.3, 0.4) is 0 Å². The molecule has 64 heavy (non-hydrogen) atoms. The summed E-state index contributed by atoms with van der Waals surface area (Å²) in [6.07, 6.45) is 68.4. The smallest absolute Gasteiger partial charge is 0.306 e. The Hall–Kier alpha value is -3.67. The van der Waals surface area contributed by atoms with Crippen molar-refractivity contribution in [2.45, 2.75) is 239 Å². The molecule has 0 bridgehead atoms. The minimum Gasteiger partial charge on any atom is -0.462 e. The van der Waals surface area contributed by atoms with Gasteiger partial charge in [-0.15, -0.1) is 0 Å². The first-order valence-electron chi connectivity index (χ1n) is 26.2. The van der Waals surface area contributed by atoms with Gasteiger partial charge < -0.3 is 14.2 Å². The van der Waals surface area contributed by atoms with E-state index in [1.54, 1.807) is 0 Å². The van der Waals surface area contributed by atoms with Gasteiger partial charge in [-0.1, -0.05) is 227 Å². The molecule has 0 aromatic carbocycles. The second-order valence-corrected chi connectivity index (χ2v) is 17.0. The van der Waals surface area contributed by atoms with E-state index >= 15 is 0 Å². The lowest BCUT2D eigenvalue weighted by atomic mass is 10.0. The molecule has 0 radical (unpaired) electrons. The van der Waals surface area contributed by atoms with E-state index in [1.807, 2.05) is 12.2 Å². The van der Waals surface area contributed by atoms with Crippen LogP contribution in [-0.2, 0) is 28.6 Å². The Morgan fingerprint density at radius 2 is 0.641 bits per heavy atom. The second-order valence-electron chi connectivity index (χ2n) is 17.0. The second kappa shape index (κ2) is 52.0. The predicted octanol–water partition coefficient (Wildman–Crippen LogP) is 17.4. The highest BCUT2D eigenvalue weighted by Gasteiger charge is 2.19. The summed E-state index contributed by atoms with van der Waals surface area (Å²) < 4.78 is 16.7. The highest BCUT2D eigenvalue weighted by molar-refractivity contribution is 5.71. The first kappa shape index (κ1) is 60.3. The number of esters is 3. The summed E-state index contributed by atoms with van der Waals surface area (Å²) in [5.41, 5.74) is 0. The molecule has 0 amide bonds. The van der Waals surface area contributed by atoms with Crippen LogP contribution in [0, 0.1) is 0 Å². The molecule has 0 aromatic heterocycles. The molecule has 1 atom stereocenters. The zero-order valence-electron chi connectivity index (χ0n) is 41.5. The van der Waals surface area contributed by atoms with E-state index < -0.39 is 6.10 Å². The number of hydrogen-bond acceptors (Lipinski definition) is 6. The Bertz CT molecular complexity index is 1300. The van der Waals surface area contributed by atoms with Crippen molar-refractivity contribution in [2.24, 2.45) is 0 Å². The van der Waals surface area contributed by atoms with E-state index in [2.05, 4.69) is 106 Å². The third-order valence-corrected chi connectivity index (χ3v) is 10.8. The lowest BCUT2D eigenvalue weighted by Gasteiger charge is -2.18. The van der Waals surface area contributed by atoms with Gasteiger partial charge >= 0.3 is 17.9 Å². The molecule has 6 nitrogen and oxygen atoms in total. The Balaban J connectivity index is 4.49. The summed E-state index contributed by atoms with van der Waals surface area (Å²) in [6, 6.07) is 0. The average molecular weight is 889 g/mol. The number of carbonyl (C=O) groups is 3. The molecule has 0 aromatic rings. The van der Waals surface area contributed by atoms with Crippen LogP contribution in [0.5, 0.6) is 0 Å². The van der Waals surface area contributed by atoms with Crippen LogP contribution in [0.25, 0.3) is 0 Å². The molecular weight excluding hydrogens is 793 g/mol. The van der Waals surface area contributed by atoms with Gasteiger partial charge in [0.25, 0.3) is 0 Å². The molecule has 0 rings (SSSR count). The maximum absolute atomic E-state index is 12.8. The predicted molar refractivity (Wildman–Crippen MR) is 274 cm³/mol. The van der Waals surface area contributed by atoms with Gasteiger partial charge in [-0.3, -0.25) is 14.4 Å². The van der Waals surface area contributed by atoms with E-state index in [4.69, 9.17) is 14.2 Å². The van der Waals surface area contributed by atoms with Gasteiger partial charge in [0.1, 0.15) is 13.2 Å². The van der Waals surface area contributed by atoms with Crippen molar-refractivity contribution in [3.63, 3.8) is 0 Å². The monoisotopic (exact) mass is 889 g/mol. The van der Waals surface area contributed by atoms with Crippen LogP contribution >= 0.6 is 0 Å². The van der Waals surface area contributed by atoms with Crippen molar-refractivity contribution in [3.05, 3.63) is 97.2 Å². The van der Waals surface area contributed by atoms with E-state index in [0.717, 1.165) is 83.5 Å². The third-order valence-electron chi connectivity index (χ3n) is 10.8. The summed E-state index contributed by atoms with van der Waals surface area (Å²) in [7, 11) is 0. The summed E-state index contributed by atoms with van der Waals surface area (Å²) in [5, 5.41) is 0. The van der Waals surface area contributed by atoms with Gasteiger partial charge in [0.05, 0.1) is 0 Å². The van der Waals surface area contributed by atoms with E-state index in [1.165, 1.54) is 96.3 Å². The van der Waals surface area contributed by atoms with Crippen LogP contribution in [0.4, 0.5) is 0 Å². The molecule has 1 unspecified atom stereocenters. The minimum absolute atomic E-state index is 0.115. The van der Waals surface area contributed by atoms with Crippen LogP contribution < -0.4 is 0 Å². The van der Waals surface area contributed by atoms with Gasteiger partial charge in [0.15, 0.2) is 6.10 Å². The van der Waals surface area contributed by atoms with Crippen molar-refractivity contribution in [1.82, 2.24) is 0 Å². The minimum atomic E-state index is -0.826. The van der Waals surface area contributed by atoms with E-state index in [9.17, 15) is 14.4 Å². The Morgan fingerprint density at radius 1 is 0.328 bits per heavy atom.